The van der Waals surface area contributed by atoms with Crippen LogP contribution >= 0.6 is 22.6 Å². The van der Waals surface area contributed by atoms with E-state index in [1.807, 2.05) is 27.2 Å². The summed E-state index contributed by atoms with van der Waals surface area (Å²) in [4.78, 5) is 12.3. The van der Waals surface area contributed by atoms with Crippen LogP contribution in [0.3, 0.4) is 0 Å². The Morgan fingerprint density at radius 1 is 1.40 bits per heavy atom. The van der Waals surface area contributed by atoms with Crippen LogP contribution in [0.1, 0.15) is 29.4 Å². The lowest BCUT2D eigenvalue weighted by atomic mass is 10.3. The molecule has 3 rings (SSSR count). The Hall–Kier alpha value is -1.57. The fourth-order valence-corrected chi connectivity index (χ4v) is 2.73. The maximum Gasteiger partial charge on any atom is 0.272 e. The lowest BCUT2D eigenvalue weighted by Crippen LogP contribution is -2.17. The fourth-order valence-electron chi connectivity index (χ4n) is 2.11. The lowest BCUT2D eigenvalue weighted by molar-refractivity contribution is 0.101. The Morgan fingerprint density at radius 3 is 2.80 bits per heavy atom. The van der Waals surface area contributed by atoms with Gasteiger partial charge < -0.3 is 15.6 Å². The summed E-state index contributed by atoms with van der Waals surface area (Å²) < 4.78 is 15.6. The van der Waals surface area contributed by atoms with Gasteiger partial charge >= 0.3 is 0 Å². The van der Waals surface area contributed by atoms with Crippen molar-refractivity contribution in [2.75, 3.05) is 11.1 Å². The molecule has 1 aromatic heterocycles. The minimum Gasteiger partial charge on any atom is -0.397 e. The van der Waals surface area contributed by atoms with Crippen molar-refractivity contribution >= 4 is 39.9 Å². The number of nitrogens with zero attached hydrogens (tertiary/aromatic N) is 1. The van der Waals surface area contributed by atoms with Crippen molar-refractivity contribution in [2.24, 2.45) is 0 Å². The molecule has 0 saturated heterocycles. The summed E-state index contributed by atoms with van der Waals surface area (Å²) in [6.07, 6.45) is 3.94. The van der Waals surface area contributed by atoms with Crippen molar-refractivity contribution in [3.05, 3.63) is 45.5 Å². The minimum atomic E-state index is -0.321. The minimum absolute atomic E-state index is 0.224. The van der Waals surface area contributed by atoms with Gasteiger partial charge in [0.25, 0.3) is 5.91 Å². The first kappa shape index (κ1) is 13.4. The molecule has 0 radical (unpaired) electrons. The molecule has 2 aromatic rings. The van der Waals surface area contributed by atoms with E-state index < -0.39 is 0 Å². The third-order valence-electron chi connectivity index (χ3n) is 3.22. The zero-order valence-electron chi connectivity index (χ0n) is 10.6. The number of nitrogens with two attached hydrogens (primary N) is 1. The summed E-state index contributed by atoms with van der Waals surface area (Å²) in [5.74, 6) is -0.545. The normalized spacial score (nSPS) is 14.3. The van der Waals surface area contributed by atoms with E-state index in [-0.39, 0.29) is 11.7 Å². The molecule has 0 unspecified atom stereocenters. The number of nitrogens with one attached hydrogen (secondary N) is 1. The lowest BCUT2D eigenvalue weighted by Gasteiger charge is -2.10. The highest BCUT2D eigenvalue weighted by Crippen LogP contribution is 2.37. The van der Waals surface area contributed by atoms with Crippen molar-refractivity contribution in [1.29, 1.82) is 0 Å². The van der Waals surface area contributed by atoms with Crippen molar-refractivity contribution in [1.82, 2.24) is 4.57 Å². The number of rotatable bonds is 3. The number of benzene rings is 1. The summed E-state index contributed by atoms with van der Waals surface area (Å²) in [7, 11) is 0. The van der Waals surface area contributed by atoms with Gasteiger partial charge in [-0.15, -0.1) is 0 Å². The van der Waals surface area contributed by atoms with Gasteiger partial charge in [-0.3, -0.25) is 4.79 Å². The number of anilines is 2. The molecule has 1 amide bonds. The molecule has 20 heavy (non-hydrogen) atoms. The Labute approximate surface area is 129 Å². The molecule has 1 aliphatic rings. The standard InChI is InChI=1S/C14H13FIN3O/c15-8-1-4-12(11(16)5-8)18-14(20)13-6-9(17)7-19(13)10-2-3-10/h1,4-7,10H,2-3,17H2,(H,18,20). The van der Waals surface area contributed by atoms with Crippen molar-refractivity contribution in [3.63, 3.8) is 0 Å². The highest BCUT2D eigenvalue weighted by molar-refractivity contribution is 14.1. The molecular formula is C14H13FIN3O. The van der Waals surface area contributed by atoms with E-state index in [4.69, 9.17) is 5.73 Å². The van der Waals surface area contributed by atoms with Crippen LogP contribution in [-0.2, 0) is 0 Å². The van der Waals surface area contributed by atoms with Crippen LogP contribution in [0.25, 0.3) is 0 Å². The van der Waals surface area contributed by atoms with Crippen molar-refractivity contribution < 1.29 is 9.18 Å². The Morgan fingerprint density at radius 2 is 2.15 bits per heavy atom. The fraction of sp³-hybridized carbons (Fsp3) is 0.214. The second kappa shape index (κ2) is 5.08. The molecule has 1 heterocycles. The van der Waals surface area contributed by atoms with Crippen LogP contribution < -0.4 is 11.1 Å². The van der Waals surface area contributed by atoms with Crippen molar-refractivity contribution in [3.8, 4) is 0 Å². The van der Waals surface area contributed by atoms with Crippen LogP contribution in [0, 0.1) is 9.39 Å². The highest BCUT2D eigenvalue weighted by atomic mass is 127. The SMILES string of the molecule is Nc1cc(C(=O)Nc2ccc(F)cc2I)n(C2CC2)c1. The molecule has 4 nitrogen and oxygen atoms in total. The van der Waals surface area contributed by atoms with Crippen LogP contribution in [0.4, 0.5) is 15.8 Å². The third-order valence-corrected chi connectivity index (χ3v) is 4.11. The molecule has 0 spiro atoms. The largest absolute Gasteiger partial charge is 0.397 e. The van der Waals surface area contributed by atoms with E-state index in [1.54, 1.807) is 18.3 Å². The Kier molecular flexibility index (Phi) is 3.41. The summed E-state index contributed by atoms with van der Waals surface area (Å²) in [5, 5.41) is 2.80. The number of carbonyl (C=O) groups is 1. The average molecular weight is 385 g/mol. The van der Waals surface area contributed by atoms with Gasteiger partial charge in [0.2, 0.25) is 0 Å². The van der Waals surface area contributed by atoms with E-state index >= 15 is 0 Å². The second-order valence-corrected chi connectivity index (χ2v) is 6.04. The van der Waals surface area contributed by atoms with Crippen LogP contribution in [0.15, 0.2) is 30.5 Å². The molecule has 104 valence electrons. The van der Waals surface area contributed by atoms with Gasteiger partial charge in [0.1, 0.15) is 11.5 Å². The van der Waals surface area contributed by atoms with Crippen LogP contribution in [0.2, 0.25) is 0 Å². The molecule has 0 bridgehead atoms. The van der Waals surface area contributed by atoms with Crippen molar-refractivity contribution in [2.45, 2.75) is 18.9 Å². The molecule has 1 aliphatic carbocycles. The van der Waals surface area contributed by atoms with Gasteiger partial charge in [-0.05, 0) is 59.7 Å². The number of nitrogen functional groups attached to an aromatic ring is 1. The number of hydrogen-bond acceptors (Lipinski definition) is 2. The van der Waals surface area contributed by atoms with E-state index in [1.165, 1.54) is 12.1 Å². The first-order valence-electron chi connectivity index (χ1n) is 6.28. The van der Waals surface area contributed by atoms with Gasteiger partial charge in [-0.2, -0.15) is 0 Å². The topological polar surface area (TPSA) is 60.1 Å². The second-order valence-electron chi connectivity index (χ2n) is 4.88. The molecule has 1 saturated carbocycles. The Bertz CT molecular complexity index is 679. The Balaban J connectivity index is 1.86. The number of halogens is 2. The predicted octanol–water partition coefficient (Wildman–Crippen LogP) is 3.40. The van der Waals surface area contributed by atoms with Crippen LogP contribution in [-0.4, -0.2) is 10.5 Å². The quantitative estimate of drug-likeness (QED) is 0.796. The summed E-state index contributed by atoms with van der Waals surface area (Å²) in [5.41, 5.74) is 7.50. The third kappa shape index (κ3) is 2.65. The maximum atomic E-state index is 13.1. The van der Waals surface area contributed by atoms with E-state index in [9.17, 15) is 9.18 Å². The molecule has 0 atom stereocenters. The molecular weight excluding hydrogens is 372 g/mol. The highest BCUT2D eigenvalue weighted by Gasteiger charge is 2.27. The zero-order chi connectivity index (χ0) is 14.3. The number of aromatic nitrogens is 1. The molecule has 3 N–H and O–H groups in total. The summed E-state index contributed by atoms with van der Waals surface area (Å²) in [6, 6.07) is 6.31. The molecule has 1 aromatic carbocycles. The van der Waals surface area contributed by atoms with Gasteiger partial charge in [0.05, 0.1) is 11.4 Å². The first-order valence-corrected chi connectivity index (χ1v) is 7.36. The smallest absolute Gasteiger partial charge is 0.272 e. The van der Waals surface area contributed by atoms with Crippen LogP contribution in [0.5, 0.6) is 0 Å². The number of amides is 1. The van der Waals surface area contributed by atoms with Gasteiger partial charge in [0.15, 0.2) is 0 Å². The summed E-state index contributed by atoms with van der Waals surface area (Å²) in [6.45, 7) is 0. The molecule has 6 heteroatoms. The van der Waals surface area contributed by atoms with Gasteiger partial charge in [-0.1, -0.05) is 0 Å². The summed E-state index contributed by atoms with van der Waals surface area (Å²) >= 11 is 1.99. The first-order chi connectivity index (χ1) is 9.54. The van der Waals surface area contributed by atoms with Gasteiger partial charge in [-0.25, -0.2) is 4.39 Å². The zero-order valence-corrected chi connectivity index (χ0v) is 12.7. The maximum absolute atomic E-state index is 13.1. The number of hydrogen-bond donors (Lipinski definition) is 2. The monoisotopic (exact) mass is 385 g/mol. The molecule has 0 aliphatic heterocycles. The average Bonchev–Trinajstić information content (AvgIpc) is 3.16. The van der Waals surface area contributed by atoms with E-state index in [2.05, 4.69) is 5.32 Å². The van der Waals surface area contributed by atoms with Gasteiger partial charge in [0, 0.05) is 15.8 Å². The van der Waals surface area contributed by atoms with E-state index in [0.717, 1.165) is 12.8 Å². The molecule has 1 fully saturated rings. The predicted molar refractivity (Wildman–Crippen MR) is 84.2 cm³/mol. The number of carbonyl (C=O) groups excluding carboxylic acids is 1. The van der Waals surface area contributed by atoms with E-state index in [0.29, 0.717) is 26.7 Å².